The summed E-state index contributed by atoms with van der Waals surface area (Å²) < 4.78 is 15.2. The molecule has 6 heteroatoms. The van der Waals surface area contributed by atoms with Crippen molar-refractivity contribution in [2.75, 3.05) is 20.8 Å². The molecule has 0 spiro atoms. The van der Waals surface area contributed by atoms with Gasteiger partial charge in [-0.3, -0.25) is 4.79 Å². The van der Waals surface area contributed by atoms with E-state index < -0.39 is 12.6 Å². The van der Waals surface area contributed by atoms with Gasteiger partial charge in [-0.2, -0.15) is 0 Å². The van der Waals surface area contributed by atoms with Crippen LogP contribution >= 0.6 is 0 Å². The number of ketones is 1. The van der Waals surface area contributed by atoms with Crippen LogP contribution in [0.25, 0.3) is 0 Å². The number of benzene rings is 1. The summed E-state index contributed by atoms with van der Waals surface area (Å²) in [6.45, 7) is 0.790. The molecule has 1 aromatic carbocycles. The van der Waals surface area contributed by atoms with Crippen LogP contribution in [-0.4, -0.2) is 37.7 Å². The van der Waals surface area contributed by atoms with Crippen molar-refractivity contribution in [3.8, 4) is 17.2 Å². The van der Waals surface area contributed by atoms with E-state index in [4.69, 9.17) is 19.3 Å². The van der Waals surface area contributed by atoms with Gasteiger partial charge in [0.15, 0.2) is 23.9 Å². The van der Waals surface area contributed by atoms with Crippen LogP contribution in [0.2, 0.25) is 0 Å². The summed E-state index contributed by atoms with van der Waals surface area (Å²) in [5.41, 5.74) is 0.244. The standard InChI is InChI=1S/C12H14O6/c1-7(13)8-4-5-9(16-2)12(17-3)11(8)18-6-10(14)15/h4-5H,6H2,1-3H3,(H,14,15). The average Bonchev–Trinajstić information content (AvgIpc) is 2.34. The molecule has 0 heterocycles. The van der Waals surface area contributed by atoms with Gasteiger partial charge < -0.3 is 19.3 Å². The molecule has 1 N–H and O–H groups in total. The first-order valence-corrected chi connectivity index (χ1v) is 5.11. The predicted molar refractivity (Wildman–Crippen MR) is 62.7 cm³/mol. The highest BCUT2D eigenvalue weighted by Gasteiger charge is 2.19. The van der Waals surface area contributed by atoms with Gasteiger partial charge >= 0.3 is 5.97 Å². The largest absolute Gasteiger partial charge is 0.493 e. The quantitative estimate of drug-likeness (QED) is 0.772. The maximum absolute atomic E-state index is 11.5. The minimum Gasteiger partial charge on any atom is -0.493 e. The van der Waals surface area contributed by atoms with E-state index in [1.807, 2.05) is 0 Å². The van der Waals surface area contributed by atoms with Gasteiger partial charge in [-0.25, -0.2) is 4.79 Å². The Labute approximate surface area is 104 Å². The average molecular weight is 254 g/mol. The number of carbonyl (C=O) groups excluding carboxylic acids is 1. The Morgan fingerprint density at radius 2 is 1.83 bits per heavy atom. The number of hydrogen-bond donors (Lipinski definition) is 1. The first kappa shape index (κ1) is 13.8. The third kappa shape index (κ3) is 2.91. The molecule has 6 nitrogen and oxygen atoms in total. The number of aliphatic carboxylic acids is 1. The van der Waals surface area contributed by atoms with Crippen LogP contribution < -0.4 is 14.2 Å². The van der Waals surface area contributed by atoms with E-state index in [1.54, 1.807) is 6.07 Å². The topological polar surface area (TPSA) is 82.1 Å². The van der Waals surface area contributed by atoms with E-state index in [-0.39, 0.29) is 22.8 Å². The monoisotopic (exact) mass is 254 g/mol. The Kier molecular flexibility index (Phi) is 4.53. The van der Waals surface area contributed by atoms with Crippen LogP contribution in [-0.2, 0) is 4.79 Å². The van der Waals surface area contributed by atoms with Crippen LogP contribution in [0, 0.1) is 0 Å². The SMILES string of the molecule is COc1ccc(C(C)=O)c(OCC(=O)O)c1OC. The van der Waals surface area contributed by atoms with E-state index in [0.29, 0.717) is 5.75 Å². The number of carboxylic acid groups (broad SMARTS) is 1. The molecule has 18 heavy (non-hydrogen) atoms. The van der Waals surface area contributed by atoms with Crippen molar-refractivity contribution in [2.45, 2.75) is 6.92 Å². The van der Waals surface area contributed by atoms with Crippen molar-refractivity contribution in [2.24, 2.45) is 0 Å². The lowest BCUT2D eigenvalue weighted by atomic mass is 10.1. The van der Waals surface area contributed by atoms with Gasteiger partial charge in [0, 0.05) is 0 Å². The Balaban J connectivity index is 3.28. The summed E-state index contributed by atoms with van der Waals surface area (Å²) >= 11 is 0. The summed E-state index contributed by atoms with van der Waals surface area (Å²) in [7, 11) is 2.82. The predicted octanol–water partition coefficient (Wildman–Crippen LogP) is 1.37. The van der Waals surface area contributed by atoms with E-state index in [0.717, 1.165) is 0 Å². The van der Waals surface area contributed by atoms with Crippen LogP contribution in [0.4, 0.5) is 0 Å². The Hall–Kier alpha value is -2.24. The zero-order valence-corrected chi connectivity index (χ0v) is 10.4. The Bertz CT molecular complexity index is 466. The lowest BCUT2D eigenvalue weighted by Crippen LogP contribution is -2.12. The molecule has 0 aliphatic carbocycles. The summed E-state index contributed by atoms with van der Waals surface area (Å²) in [6, 6.07) is 3.06. The van der Waals surface area contributed by atoms with Crippen molar-refractivity contribution < 1.29 is 28.9 Å². The van der Waals surface area contributed by atoms with Crippen molar-refractivity contribution in [1.82, 2.24) is 0 Å². The highest BCUT2D eigenvalue weighted by Crippen LogP contribution is 2.40. The second kappa shape index (κ2) is 5.90. The molecule has 0 amide bonds. The molecule has 0 saturated heterocycles. The first-order chi connectivity index (χ1) is 8.51. The molecule has 0 bridgehead atoms. The highest BCUT2D eigenvalue weighted by atomic mass is 16.5. The summed E-state index contributed by atoms with van der Waals surface area (Å²) in [6.07, 6.45) is 0. The van der Waals surface area contributed by atoms with Gasteiger partial charge in [0.2, 0.25) is 5.75 Å². The number of hydrogen-bond acceptors (Lipinski definition) is 5. The van der Waals surface area contributed by atoms with E-state index >= 15 is 0 Å². The van der Waals surface area contributed by atoms with Crippen molar-refractivity contribution in [3.05, 3.63) is 17.7 Å². The Morgan fingerprint density at radius 3 is 2.28 bits per heavy atom. The molecule has 0 aliphatic heterocycles. The second-order valence-corrected chi connectivity index (χ2v) is 3.42. The fourth-order valence-corrected chi connectivity index (χ4v) is 1.45. The fourth-order valence-electron chi connectivity index (χ4n) is 1.45. The molecule has 0 aromatic heterocycles. The van der Waals surface area contributed by atoms with Gasteiger partial charge in [0.25, 0.3) is 0 Å². The summed E-state index contributed by atoms with van der Waals surface area (Å²) in [5.74, 6) is -0.758. The zero-order valence-electron chi connectivity index (χ0n) is 10.4. The number of carbonyl (C=O) groups is 2. The summed E-state index contributed by atoms with van der Waals surface area (Å²) in [5, 5.41) is 8.61. The number of ether oxygens (including phenoxy) is 3. The van der Waals surface area contributed by atoms with Crippen molar-refractivity contribution in [3.63, 3.8) is 0 Å². The van der Waals surface area contributed by atoms with Crippen LogP contribution in [0.5, 0.6) is 17.2 Å². The highest BCUT2D eigenvalue weighted by molar-refractivity contribution is 5.98. The fraction of sp³-hybridized carbons (Fsp3) is 0.333. The lowest BCUT2D eigenvalue weighted by molar-refractivity contribution is -0.139. The van der Waals surface area contributed by atoms with Gasteiger partial charge in [-0.15, -0.1) is 0 Å². The minimum absolute atomic E-state index is 0.0757. The molecular formula is C12H14O6. The van der Waals surface area contributed by atoms with Gasteiger partial charge in [-0.05, 0) is 19.1 Å². The molecule has 0 unspecified atom stereocenters. The molecule has 1 aromatic rings. The van der Waals surface area contributed by atoms with Gasteiger partial charge in [0.05, 0.1) is 19.8 Å². The van der Waals surface area contributed by atoms with Crippen molar-refractivity contribution >= 4 is 11.8 Å². The third-order valence-electron chi connectivity index (χ3n) is 2.22. The van der Waals surface area contributed by atoms with Crippen molar-refractivity contribution in [1.29, 1.82) is 0 Å². The van der Waals surface area contributed by atoms with E-state index in [9.17, 15) is 9.59 Å². The van der Waals surface area contributed by atoms with E-state index in [1.165, 1.54) is 27.2 Å². The first-order valence-electron chi connectivity index (χ1n) is 5.11. The van der Waals surface area contributed by atoms with Crippen LogP contribution in [0.1, 0.15) is 17.3 Å². The number of methoxy groups -OCH3 is 2. The molecule has 1 rings (SSSR count). The number of Topliss-reactive ketones (excluding diaryl/α,β-unsaturated/α-hetero) is 1. The smallest absolute Gasteiger partial charge is 0.341 e. The molecular weight excluding hydrogens is 240 g/mol. The molecule has 98 valence electrons. The van der Waals surface area contributed by atoms with E-state index in [2.05, 4.69) is 0 Å². The molecule has 0 radical (unpaired) electrons. The zero-order chi connectivity index (χ0) is 13.7. The maximum Gasteiger partial charge on any atom is 0.341 e. The normalized spacial score (nSPS) is 9.72. The Morgan fingerprint density at radius 1 is 1.17 bits per heavy atom. The third-order valence-corrected chi connectivity index (χ3v) is 2.22. The molecule has 0 aliphatic rings. The molecule has 0 atom stereocenters. The second-order valence-electron chi connectivity index (χ2n) is 3.42. The lowest BCUT2D eigenvalue weighted by Gasteiger charge is -2.15. The van der Waals surface area contributed by atoms with Gasteiger partial charge in [-0.1, -0.05) is 0 Å². The maximum atomic E-state index is 11.5. The molecule has 0 fully saturated rings. The molecule has 0 saturated carbocycles. The number of rotatable bonds is 6. The summed E-state index contributed by atoms with van der Waals surface area (Å²) in [4.78, 5) is 22.0. The van der Waals surface area contributed by atoms with Gasteiger partial charge in [0.1, 0.15) is 0 Å². The number of carboxylic acids is 1. The van der Waals surface area contributed by atoms with Crippen LogP contribution in [0.3, 0.4) is 0 Å². The van der Waals surface area contributed by atoms with Crippen LogP contribution in [0.15, 0.2) is 12.1 Å². The minimum atomic E-state index is -1.14.